The summed E-state index contributed by atoms with van der Waals surface area (Å²) in [5.41, 5.74) is 15.9. The van der Waals surface area contributed by atoms with E-state index in [2.05, 4.69) is 101 Å². The summed E-state index contributed by atoms with van der Waals surface area (Å²) in [4.78, 5) is 52.7. The molecule has 6 aromatic heterocycles. The predicted octanol–water partition coefficient (Wildman–Crippen LogP) is 10.4. The molecule has 11 rings (SSSR count). The summed E-state index contributed by atoms with van der Waals surface area (Å²) < 4.78 is 0. The first-order valence-corrected chi connectivity index (χ1v) is 18.9. The number of rotatable bonds is 2. The molecule has 0 unspecified atom stereocenters. The Morgan fingerprint density at radius 2 is 0.500 bits per heavy atom. The summed E-state index contributed by atoms with van der Waals surface area (Å²) in [5, 5.41) is 16.9. The van der Waals surface area contributed by atoms with Crippen molar-refractivity contribution >= 4 is 105 Å². The molecule has 0 spiro atoms. The zero-order valence-corrected chi connectivity index (χ0v) is 31.7. The minimum Gasteiger partial charge on any atom is -0.478 e. The highest BCUT2D eigenvalue weighted by molar-refractivity contribution is 5.91. The number of carboxylic acid groups (broad SMARTS) is 2. The standard InChI is InChI=1S/2C20H14N4.C8H6O4/c2*1-2-14-10-16-5-6-18(23-16)12-20-8-7-19(24-20)11-17-4-3-15(22-17)9-13(1)21-14;9-7(10)5-1-2-6(4-3-5)8(11)12/h2*1-12,21-22H;1-4H,(H,9,10)(H,11,12). The molecular formula is C48H34N8O4. The number of carbonyl (C=O) groups is 2. The van der Waals surface area contributed by atoms with Crippen molar-refractivity contribution in [2.75, 3.05) is 0 Å². The second-order valence-corrected chi connectivity index (χ2v) is 14.0. The van der Waals surface area contributed by atoms with E-state index in [1.807, 2.05) is 85.0 Å². The largest absolute Gasteiger partial charge is 0.478 e. The van der Waals surface area contributed by atoms with E-state index in [1.165, 1.54) is 24.3 Å². The predicted molar refractivity (Wildman–Crippen MR) is 238 cm³/mol. The van der Waals surface area contributed by atoms with Gasteiger partial charge in [-0.3, -0.25) is 0 Å². The van der Waals surface area contributed by atoms with Gasteiger partial charge in [-0.25, -0.2) is 29.5 Å². The Hall–Kier alpha value is -8.64. The maximum Gasteiger partial charge on any atom is 0.335 e. The van der Waals surface area contributed by atoms with Gasteiger partial charge in [0.15, 0.2) is 0 Å². The Morgan fingerprint density at radius 3 is 0.717 bits per heavy atom. The Kier molecular flexibility index (Phi) is 9.91. The van der Waals surface area contributed by atoms with Crippen molar-refractivity contribution in [1.29, 1.82) is 0 Å². The fraction of sp³-hybridized carbons (Fsp3) is 0. The van der Waals surface area contributed by atoms with Crippen LogP contribution in [0.2, 0.25) is 0 Å². The van der Waals surface area contributed by atoms with Crippen LogP contribution in [0.4, 0.5) is 0 Å². The van der Waals surface area contributed by atoms with Crippen LogP contribution in [0.25, 0.3) is 92.7 Å². The minimum absolute atomic E-state index is 0.0833. The number of nitrogens with one attached hydrogen (secondary N) is 4. The molecule has 10 heterocycles. The van der Waals surface area contributed by atoms with Crippen molar-refractivity contribution in [2.45, 2.75) is 0 Å². The molecule has 0 atom stereocenters. The van der Waals surface area contributed by atoms with Gasteiger partial charge in [-0.15, -0.1) is 0 Å². The molecular weight excluding hydrogens is 753 g/mol. The zero-order valence-electron chi connectivity index (χ0n) is 31.7. The molecule has 60 heavy (non-hydrogen) atoms. The smallest absolute Gasteiger partial charge is 0.335 e. The molecule has 0 saturated carbocycles. The van der Waals surface area contributed by atoms with Gasteiger partial charge in [-0.05, 0) is 170 Å². The number of fused-ring (bicyclic) bond motifs is 16. The molecule has 290 valence electrons. The average molecular weight is 787 g/mol. The van der Waals surface area contributed by atoms with E-state index in [0.717, 1.165) is 89.7 Å². The number of nitrogens with zero attached hydrogens (tertiary/aromatic N) is 4. The fourth-order valence-electron chi connectivity index (χ4n) is 6.64. The molecule has 1 aromatic carbocycles. The maximum absolute atomic E-state index is 10.3. The van der Waals surface area contributed by atoms with Gasteiger partial charge < -0.3 is 30.1 Å². The molecule has 6 N–H and O–H groups in total. The van der Waals surface area contributed by atoms with E-state index in [4.69, 9.17) is 10.2 Å². The molecule has 0 radical (unpaired) electrons. The van der Waals surface area contributed by atoms with E-state index >= 15 is 0 Å². The van der Waals surface area contributed by atoms with E-state index < -0.39 is 11.9 Å². The van der Waals surface area contributed by atoms with Gasteiger partial charge in [0, 0.05) is 44.1 Å². The third-order valence-corrected chi connectivity index (χ3v) is 9.46. The Balaban J connectivity index is 0.000000123. The summed E-state index contributed by atoms with van der Waals surface area (Å²) in [6.45, 7) is 0. The lowest BCUT2D eigenvalue weighted by molar-refractivity contribution is 0.0681. The lowest BCUT2D eigenvalue weighted by Gasteiger charge is -1.94. The average Bonchev–Trinajstić information content (AvgIpc) is 4.08. The van der Waals surface area contributed by atoms with Gasteiger partial charge in [0.1, 0.15) is 0 Å². The minimum atomic E-state index is -1.06. The van der Waals surface area contributed by atoms with Crippen molar-refractivity contribution in [1.82, 2.24) is 39.9 Å². The van der Waals surface area contributed by atoms with Gasteiger partial charge in [-0.1, -0.05) is 0 Å². The van der Waals surface area contributed by atoms with E-state index in [9.17, 15) is 9.59 Å². The molecule has 4 aliphatic rings. The number of aromatic carboxylic acids is 2. The lowest BCUT2D eigenvalue weighted by atomic mass is 10.1. The Labute approximate surface area is 341 Å². The molecule has 12 heteroatoms. The molecule has 4 aliphatic heterocycles. The van der Waals surface area contributed by atoms with Gasteiger partial charge in [0.05, 0.1) is 56.7 Å². The Bertz CT molecular complexity index is 2890. The highest BCUT2D eigenvalue weighted by atomic mass is 16.4. The number of H-pyrrole nitrogens is 4. The molecule has 0 saturated heterocycles. The second kappa shape index (κ2) is 16.1. The van der Waals surface area contributed by atoms with Crippen LogP contribution in [0.5, 0.6) is 0 Å². The van der Waals surface area contributed by atoms with E-state index in [1.54, 1.807) is 0 Å². The summed E-state index contributed by atoms with van der Waals surface area (Å²) in [6.07, 6.45) is 16.1. The second-order valence-electron chi connectivity index (χ2n) is 14.0. The highest BCUT2D eigenvalue weighted by Crippen LogP contribution is 2.19. The molecule has 0 fully saturated rings. The number of aromatic nitrogens is 8. The van der Waals surface area contributed by atoms with Gasteiger partial charge >= 0.3 is 11.9 Å². The summed E-state index contributed by atoms with van der Waals surface area (Å²) in [7, 11) is 0. The first kappa shape index (κ1) is 37.0. The summed E-state index contributed by atoms with van der Waals surface area (Å²) in [6, 6.07) is 37.8. The van der Waals surface area contributed by atoms with Crippen LogP contribution in [0.1, 0.15) is 66.3 Å². The SMILES string of the molecule is C1=Cc2cc3ccc(cc4ccc(cc5nc(cc1n2)C=C5)[nH]4)[nH]3.C1=Cc2cc3ccc(cc4ccc(cc5nc(cc1n2)C=C5)[nH]4)[nH]3.O=C(O)c1ccc(C(=O)O)cc1. The van der Waals surface area contributed by atoms with Crippen molar-refractivity contribution < 1.29 is 19.8 Å². The van der Waals surface area contributed by atoms with E-state index in [-0.39, 0.29) is 11.1 Å². The highest BCUT2D eigenvalue weighted by Gasteiger charge is 2.06. The third-order valence-electron chi connectivity index (χ3n) is 9.46. The quantitative estimate of drug-likeness (QED) is 0.0998. The van der Waals surface area contributed by atoms with Crippen molar-refractivity contribution in [2.24, 2.45) is 0 Å². The number of hydrogen-bond donors (Lipinski definition) is 6. The van der Waals surface area contributed by atoms with Gasteiger partial charge in [0.25, 0.3) is 0 Å². The number of hydrogen-bond acceptors (Lipinski definition) is 6. The number of benzene rings is 1. The molecule has 12 nitrogen and oxygen atoms in total. The van der Waals surface area contributed by atoms with Crippen LogP contribution >= 0.6 is 0 Å². The van der Waals surface area contributed by atoms with Gasteiger partial charge in [-0.2, -0.15) is 0 Å². The molecule has 0 aliphatic carbocycles. The third kappa shape index (κ3) is 8.98. The number of carboxylic acids is 2. The van der Waals surface area contributed by atoms with Crippen LogP contribution in [-0.4, -0.2) is 62.0 Å². The number of aromatic amines is 4. The van der Waals surface area contributed by atoms with Crippen LogP contribution < -0.4 is 0 Å². The lowest BCUT2D eigenvalue weighted by Crippen LogP contribution is -1.99. The van der Waals surface area contributed by atoms with Crippen molar-refractivity contribution in [3.63, 3.8) is 0 Å². The van der Waals surface area contributed by atoms with Crippen molar-refractivity contribution in [3.8, 4) is 0 Å². The zero-order chi connectivity index (χ0) is 41.0. The van der Waals surface area contributed by atoms with E-state index in [0.29, 0.717) is 0 Å². The normalized spacial score (nSPS) is 12.0. The van der Waals surface area contributed by atoms with Crippen LogP contribution in [0, 0.1) is 0 Å². The van der Waals surface area contributed by atoms with Crippen LogP contribution in [-0.2, 0) is 0 Å². The maximum atomic E-state index is 10.3. The summed E-state index contributed by atoms with van der Waals surface area (Å²) in [5.74, 6) is -2.13. The van der Waals surface area contributed by atoms with Crippen LogP contribution in [0.15, 0.2) is 121 Å². The molecule has 0 amide bonds. The first-order valence-electron chi connectivity index (χ1n) is 18.9. The molecule has 7 aromatic rings. The fourth-order valence-corrected chi connectivity index (χ4v) is 6.64. The van der Waals surface area contributed by atoms with Gasteiger partial charge in [0.2, 0.25) is 0 Å². The van der Waals surface area contributed by atoms with Crippen molar-refractivity contribution in [3.05, 3.63) is 178 Å². The monoisotopic (exact) mass is 786 g/mol. The van der Waals surface area contributed by atoms with Crippen LogP contribution in [0.3, 0.4) is 0 Å². The summed E-state index contributed by atoms with van der Waals surface area (Å²) >= 11 is 0. The molecule has 16 bridgehead atoms. The first-order chi connectivity index (χ1) is 29.2. The topological polar surface area (TPSA) is 189 Å². The Morgan fingerprint density at radius 1 is 0.300 bits per heavy atom.